The number of alkyl halides is 2. The van der Waals surface area contributed by atoms with Crippen LogP contribution in [0.2, 0.25) is 0 Å². The number of ether oxygens (including phenoxy) is 1. The number of nitrogens with two attached hydrogens (primary N) is 2. The molecule has 0 fully saturated rings. The predicted molar refractivity (Wildman–Crippen MR) is 46.6 cm³/mol. The molecule has 14 heavy (non-hydrogen) atoms. The van der Waals surface area contributed by atoms with Gasteiger partial charge in [-0.15, -0.1) is 0 Å². The molecule has 0 amide bonds. The van der Waals surface area contributed by atoms with Crippen molar-refractivity contribution in [2.45, 2.75) is 6.61 Å². The molecule has 0 saturated heterocycles. The summed E-state index contributed by atoms with van der Waals surface area (Å²) in [4.78, 5) is 0. The van der Waals surface area contributed by atoms with Crippen molar-refractivity contribution in [3.05, 3.63) is 17.7 Å². The van der Waals surface area contributed by atoms with Crippen LogP contribution < -0.4 is 16.2 Å². The quantitative estimate of drug-likeness (QED) is 0.703. The highest BCUT2D eigenvalue weighted by molar-refractivity contribution is 5.72. The van der Waals surface area contributed by atoms with E-state index in [0.717, 1.165) is 12.1 Å². The molecule has 1 aromatic rings. The summed E-state index contributed by atoms with van der Waals surface area (Å²) in [6.45, 7) is -2.95. The van der Waals surface area contributed by atoms with E-state index < -0.39 is 6.61 Å². The molecule has 4 N–H and O–H groups in total. The Bertz CT molecular complexity index is 387. The van der Waals surface area contributed by atoms with E-state index in [1.807, 2.05) is 0 Å². The molecule has 1 rings (SSSR count). The lowest BCUT2D eigenvalue weighted by Crippen LogP contribution is -2.04. The first-order valence-corrected chi connectivity index (χ1v) is 3.58. The summed E-state index contributed by atoms with van der Waals surface area (Å²) in [7, 11) is 0. The molecule has 74 valence electrons. The van der Waals surface area contributed by atoms with Crippen molar-refractivity contribution < 1.29 is 13.5 Å². The van der Waals surface area contributed by atoms with E-state index in [4.69, 9.17) is 16.7 Å². The van der Waals surface area contributed by atoms with Crippen LogP contribution in [-0.2, 0) is 0 Å². The Morgan fingerprint density at radius 2 is 2.00 bits per heavy atom. The molecule has 1 aromatic carbocycles. The zero-order valence-corrected chi connectivity index (χ0v) is 7.00. The molecule has 0 atom stereocenters. The third kappa shape index (κ3) is 2.01. The molecule has 0 aliphatic rings. The number of hydrogen-bond donors (Lipinski definition) is 2. The highest BCUT2D eigenvalue weighted by Crippen LogP contribution is 2.27. The van der Waals surface area contributed by atoms with Gasteiger partial charge in [-0.1, -0.05) is 0 Å². The molecule has 0 aliphatic carbocycles. The molecule has 0 heterocycles. The van der Waals surface area contributed by atoms with Crippen molar-refractivity contribution in [1.82, 2.24) is 0 Å². The van der Waals surface area contributed by atoms with E-state index in [9.17, 15) is 8.78 Å². The largest absolute Gasteiger partial charge is 0.435 e. The Hall–Kier alpha value is -2.03. The third-order valence-corrected chi connectivity index (χ3v) is 1.53. The summed E-state index contributed by atoms with van der Waals surface area (Å²) < 4.78 is 27.7. The number of rotatable bonds is 2. The summed E-state index contributed by atoms with van der Waals surface area (Å²) in [6.07, 6.45) is 0. The lowest BCUT2D eigenvalue weighted by Gasteiger charge is -2.07. The molecule has 0 radical (unpaired) electrons. The van der Waals surface area contributed by atoms with Gasteiger partial charge >= 0.3 is 6.61 Å². The third-order valence-electron chi connectivity index (χ3n) is 1.53. The Balaban J connectivity index is 3.11. The van der Waals surface area contributed by atoms with Crippen molar-refractivity contribution >= 4 is 11.4 Å². The van der Waals surface area contributed by atoms with Crippen LogP contribution in [0.3, 0.4) is 0 Å². The van der Waals surface area contributed by atoms with Crippen LogP contribution in [0.4, 0.5) is 20.2 Å². The maximum atomic E-state index is 11.8. The summed E-state index contributed by atoms with van der Waals surface area (Å²) in [6, 6.07) is 3.97. The minimum absolute atomic E-state index is 0.0145. The van der Waals surface area contributed by atoms with Gasteiger partial charge in [0.2, 0.25) is 0 Å². The molecule has 0 aliphatic heterocycles. The molecule has 4 nitrogen and oxygen atoms in total. The fourth-order valence-corrected chi connectivity index (χ4v) is 0.912. The molecule has 6 heteroatoms. The SMILES string of the molecule is N#Cc1cc(OC(F)F)cc(N)c1N. The van der Waals surface area contributed by atoms with Crippen LogP contribution in [0.25, 0.3) is 0 Å². The minimum atomic E-state index is -2.95. The lowest BCUT2D eigenvalue weighted by atomic mass is 10.1. The smallest absolute Gasteiger partial charge is 0.387 e. The molecule has 0 unspecified atom stereocenters. The summed E-state index contributed by atoms with van der Waals surface area (Å²) in [5.41, 5.74) is 10.9. The second-order valence-electron chi connectivity index (χ2n) is 2.46. The van der Waals surface area contributed by atoms with E-state index in [0.29, 0.717) is 0 Å². The summed E-state index contributed by atoms with van der Waals surface area (Å²) >= 11 is 0. The Labute approximate surface area is 78.7 Å². The second kappa shape index (κ2) is 3.79. The van der Waals surface area contributed by atoms with Gasteiger partial charge in [0, 0.05) is 12.1 Å². The average Bonchev–Trinajstić information content (AvgIpc) is 2.10. The monoisotopic (exact) mass is 199 g/mol. The Kier molecular flexibility index (Phi) is 2.72. The van der Waals surface area contributed by atoms with Crippen LogP contribution in [0, 0.1) is 11.3 Å². The zero-order valence-electron chi connectivity index (χ0n) is 7.00. The number of anilines is 2. The van der Waals surface area contributed by atoms with E-state index in [2.05, 4.69) is 4.74 Å². The maximum absolute atomic E-state index is 11.8. The molecule has 0 aromatic heterocycles. The molecule has 0 bridgehead atoms. The van der Waals surface area contributed by atoms with Gasteiger partial charge in [0.05, 0.1) is 16.9 Å². The van der Waals surface area contributed by atoms with E-state index in [-0.39, 0.29) is 22.7 Å². The van der Waals surface area contributed by atoms with Crippen LogP contribution in [0.5, 0.6) is 5.75 Å². The first-order chi connectivity index (χ1) is 6.54. The van der Waals surface area contributed by atoms with Crippen molar-refractivity contribution in [1.29, 1.82) is 5.26 Å². The van der Waals surface area contributed by atoms with Crippen LogP contribution >= 0.6 is 0 Å². The Morgan fingerprint density at radius 1 is 1.36 bits per heavy atom. The van der Waals surface area contributed by atoms with Gasteiger partial charge in [0.1, 0.15) is 11.8 Å². The number of benzene rings is 1. The first-order valence-electron chi connectivity index (χ1n) is 3.58. The summed E-state index contributed by atoms with van der Waals surface area (Å²) in [5.74, 6) is -0.178. The molecular weight excluding hydrogens is 192 g/mol. The van der Waals surface area contributed by atoms with Gasteiger partial charge in [-0.05, 0) is 0 Å². The summed E-state index contributed by atoms with van der Waals surface area (Å²) in [5, 5.41) is 8.57. The van der Waals surface area contributed by atoms with Crippen molar-refractivity contribution in [3.63, 3.8) is 0 Å². The number of nitrogens with zero attached hydrogens (tertiary/aromatic N) is 1. The minimum Gasteiger partial charge on any atom is -0.435 e. The van der Waals surface area contributed by atoms with Gasteiger partial charge in [-0.25, -0.2) is 0 Å². The fraction of sp³-hybridized carbons (Fsp3) is 0.125. The van der Waals surface area contributed by atoms with Gasteiger partial charge in [0.25, 0.3) is 0 Å². The van der Waals surface area contributed by atoms with Gasteiger partial charge in [0.15, 0.2) is 0 Å². The highest BCUT2D eigenvalue weighted by atomic mass is 19.3. The predicted octanol–water partition coefficient (Wildman–Crippen LogP) is 1.32. The standard InChI is InChI=1S/C8H7F2N3O/c9-8(10)14-5-1-4(3-11)7(13)6(12)2-5/h1-2,8H,12-13H2. The number of hydrogen-bond acceptors (Lipinski definition) is 4. The number of nitriles is 1. The molecule has 0 saturated carbocycles. The second-order valence-corrected chi connectivity index (χ2v) is 2.46. The first kappa shape index (κ1) is 10.1. The molecule has 0 spiro atoms. The van der Waals surface area contributed by atoms with Gasteiger partial charge in [-0.3, -0.25) is 0 Å². The highest BCUT2D eigenvalue weighted by Gasteiger charge is 2.09. The van der Waals surface area contributed by atoms with Crippen LogP contribution in [-0.4, -0.2) is 6.61 Å². The topological polar surface area (TPSA) is 85.1 Å². The van der Waals surface area contributed by atoms with Crippen LogP contribution in [0.15, 0.2) is 12.1 Å². The van der Waals surface area contributed by atoms with E-state index in [1.54, 1.807) is 6.07 Å². The van der Waals surface area contributed by atoms with Gasteiger partial charge in [-0.2, -0.15) is 14.0 Å². The number of nitrogen functional groups attached to an aromatic ring is 2. The zero-order chi connectivity index (χ0) is 10.7. The van der Waals surface area contributed by atoms with Crippen molar-refractivity contribution in [2.24, 2.45) is 0 Å². The number of halogens is 2. The van der Waals surface area contributed by atoms with Crippen molar-refractivity contribution in [2.75, 3.05) is 11.5 Å². The van der Waals surface area contributed by atoms with Crippen molar-refractivity contribution in [3.8, 4) is 11.8 Å². The molecular formula is C8H7F2N3O. The lowest BCUT2D eigenvalue weighted by molar-refractivity contribution is -0.0498. The fourth-order valence-electron chi connectivity index (χ4n) is 0.912. The normalized spacial score (nSPS) is 9.86. The van der Waals surface area contributed by atoms with E-state index >= 15 is 0 Å². The maximum Gasteiger partial charge on any atom is 0.387 e. The average molecular weight is 199 g/mol. The van der Waals surface area contributed by atoms with Gasteiger partial charge < -0.3 is 16.2 Å². The van der Waals surface area contributed by atoms with E-state index in [1.165, 1.54) is 0 Å². The van der Waals surface area contributed by atoms with Crippen LogP contribution in [0.1, 0.15) is 5.56 Å². The Morgan fingerprint density at radius 3 is 2.50 bits per heavy atom.